The van der Waals surface area contributed by atoms with Gasteiger partial charge in [0.05, 0.1) is 7.11 Å². The summed E-state index contributed by atoms with van der Waals surface area (Å²) in [6.07, 6.45) is 3.51. The number of hydrogen-bond donors (Lipinski definition) is 0. The monoisotopic (exact) mass is 254 g/mol. The number of nitrogens with zero attached hydrogens (tertiary/aromatic N) is 2. The molecule has 0 saturated carbocycles. The van der Waals surface area contributed by atoms with Gasteiger partial charge in [-0.1, -0.05) is 18.2 Å². The first-order chi connectivity index (χ1) is 9.21. The van der Waals surface area contributed by atoms with Gasteiger partial charge >= 0.3 is 5.97 Å². The van der Waals surface area contributed by atoms with Crippen LogP contribution in [0.25, 0.3) is 17.0 Å². The Hall–Kier alpha value is -2.54. The maximum absolute atomic E-state index is 11.4. The standard InChI is InChI=1S/C15H14N2O2/c1-3-17-10-12(8-11(9-16)15(18)19-2)13-6-4-5-7-14(13)17/h4-8,10H,3H2,1-2H3/b11-8-. The molecule has 1 aromatic carbocycles. The van der Waals surface area contributed by atoms with E-state index in [1.54, 1.807) is 6.08 Å². The van der Waals surface area contributed by atoms with Crippen molar-refractivity contribution in [2.24, 2.45) is 0 Å². The smallest absolute Gasteiger partial charge is 0.348 e. The number of methoxy groups -OCH3 is 1. The van der Waals surface area contributed by atoms with Crippen molar-refractivity contribution < 1.29 is 9.53 Å². The van der Waals surface area contributed by atoms with E-state index in [1.165, 1.54) is 7.11 Å². The average molecular weight is 254 g/mol. The second kappa shape index (κ2) is 5.40. The summed E-state index contributed by atoms with van der Waals surface area (Å²) < 4.78 is 6.66. The molecule has 2 aromatic rings. The maximum Gasteiger partial charge on any atom is 0.348 e. The van der Waals surface area contributed by atoms with Crippen LogP contribution in [0, 0.1) is 11.3 Å². The number of carbonyl (C=O) groups is 1. The molecule has 96 valence electrons. The van der Waals surface area contributed by atoms with E-state index in [2.05, 4.69) is 9.30 Å². The zero-order chi connectivity index (χ0) is 13.8. The number of esters is 1. The molecule has 1 heterocycles. The minimum absolute atomic E-state index is 0.00139. The number of para-hydroxylation sites is 1. The van der Waals surface area contributed by atoms with Crippen LogP contribution in [0.4, 0.5) is 0 Å². The Kier molecular flexibility index (Phi) is 3.67. The number of rotatable bonds is 3. The second-order valence-corrected chi connectivity index (χ2v) is 4.05. The van der Waals surface area contributed by atoms with Crippen molar-refractivity contribution in [3.8, 4) is 6.07 Å². The number of aryl methyl sites for hydroxylation is 1. The average Bonchev–Trinajstić information content (AvgIpc) is 2.82. The van der Waals surface area contributed by atoms with Gasteiger partial charge in [0.2, 0.25) is 0 Å². The predicted molar refractivity (Wildman–Crippen MR) is 73.2 cm³/mol. The van der Waals surface area contributed by atoms with Gasteiger partial charge in [-0.05, 0) is 19.1 Å². The Balaban J connectivity index is 2.61. The van der Waals surface area contributed by atoms with E-state index in [4.69, 9.17) is 5.26 Å². The van der Waals surface area contributed by atoms with E-state index in [9.17, 15) is 4.79 Å². The van der Waals surface area contributed by atoms with Gasteiger partial charge in [0.25, 0.3) is 0 Å². The topological polar surface area (TPSA) is 55.0 Å². The molecule has 4 heteroatoms. The predicted octanol–water partition coefficient (Wildman–Crippen LogP) is 2.74. The first-order valence-corrected chi connectivity index (χ1v) is 5.99. The molecule has 0 aliphatic heterocycles. The maximum atomic E-state index is 11.4. The molecule has 0 N–H and O–H groups in total. The van der Waals surface area contributed by atoms with Crippen LogP contribution < -0.4 is 0 Å². The molecule has 0 radical (unpaired) electrons. The highest BCUT2D eigenvalue weighted by Crippen LogP contribution is 2.23. The van der Waals surface area contributed by atoms with Crippen molar-refractivity contribution in [3.05, 3.63) is 41.6 Å². The number of benzene rings is 1. The minimum Gasteiger partial charge on any atom is -0.465 e. The van der Waals surface area contributed by atoms with Crippen molar-refractivity contribution >= 4 is 22.9 Å². The molecule has 0 fully saturated rings. The molecule has 0 saturated heterocycles. The third-order valence-corrected chi connectivity index (χ3v) is 2.99. The van der Waals surface area contributed by atoms with Gasteiger partial charge in [0.1, 0.15) is 11.6 Å². The van der Waals surface area contributed by atoms with Crippen LogP contribution in [-0.2, 0) is 16.1 Å². The number of fused-ring (bicyclic) bond motifs is 1. The zero-order valence-electron chi connectivity index (χ0n) is 10.9. The van der Waals surface area contributed by atoms with Crippen molar-refractivity contribution in [1.29, 1.82) is 5.26 Å². The third kappa shape index (κ3) is 2.36. The van der Waals surface area contributed by atoms with Crippen LogP contribution in [0.5, 0.6) is 0 Å². The molecule has 0 bridgehead atoms. The van der Waals surface area contributed by atoms with Gasteiger partial charge in [-0.15, -0.1) is 0 Å². The fourth-order valence-corrected chi connectivity index (χ4v) is 2.05. The van der Waals surface area contributed by atoms with Crippen LogP contribution in [-0.4, -0.2) is 17.6 Å². The number of ether oxygens (including phenoxy) is 1. The summed E-state index contributed by atoms with van der Waals surface area (Å²) in [5.41, 5.74) is 1.93. The highest BCUT2D eigenvalue weighted by molar-refractivity contribution is 6.01. The summed E-state index contributed by atoms with van der Waals surface area (Å²) in [5.74, 6) is -0.615. The lowest BCUT2D eigenvalue weighted by atomic mass is 10.1. The first-order valence-electron chi connectivity index (χ1n) is 5.99. The lowest BCUT2D eigenvalue weighted by molar-refractivity contribution is -0.135. The van der Waals surface area contributed by atoms with E-state index in [0.29, 0.717) is 0 Å². The van der Waals surface area contributed by atoms with Crippen molar-refractivity contribution in [3.63, 3.8) is 0 Å². The van der Waals surface area contributed by atoms with Crippen molar-refractivity contribution in [2.45, 2.75) is 13.5 Å². The SMILES string of the molecule is CCn1cc(/C=C(/C#N)C(=O)OC)c2ccccc21. The Labute approximate surface area is 111 Å². The molecular weight excluding hydrogens is 240 g/mol. The first kappa shape index (κ1) is 12.9. The summed E-state index contributed by atoms with van der Waals surface area (Å²) in [4.78, 5) is 11.4. The van der Waals surface area contributed by atoms with Crippen LogP contribution in [0.15, 0.2) is 36.0 Å². The third-order valence-electron chi connectivity index (χ3n) is 2.99. The van der Waals surface area contributed by atoms with Crippen LogP contribution >= 0.6 is 0 Å². The van der Waals surface area contributed by atoms with Gasteiger partial charge in [0.15, 0.2) is 0 Å². The van der Waals surface area contributed by atoms with Crippen LogP contribution in [0.1, 0.15) is 12.5 Å². The fraction of sp³-hybridized carbons (Fsp3) is 0.200. The Morgan fingerprint density at radius 2 is 2.21 bits per heavy atom. The fourth-order valence-electron chi connectivity index (χ4n) is 2.05. The quantitative estimate of drug-likeness (QED) is 0.481. The van der Waals surface area contributed by atoms with Gasteiger partial charge in [-0.25, -0.2) is 4.79 Å². The summed E-state index contributed by atoms with van der Waals surface area (Å²) in [7, 11) is 1.27. The lowest BCUT2D eigenvalue weighted by Gasteiger charge is -1.98. The van der Waals surface area contributed by atoms with E-state index in [-0.39, 0.29) is 5.57 Å². The lowest BCUT2D eigenvalue weighted by Crippen LogP contribution is -2.02. The Morgan fingerprint density at radius 3 is 2.84 bits per heavy atom. The highest BCUT2D eigenvalue weighted by atomic mass is 16.5. The van der Waals surface area contributed by atoms with E-state index < -0.39 is 5.97 Å². The highest BCUT2D eigenvalue weighted by Gasteiger charge is 2.11. The van der Waals surface area contributed by atoms with Crippen molar-refractivity contribution in [1.82, 2.24) is 4.57 Å². The van der Waals surface area contributed by atoms with Gasteiger partial charge in [0, 0.05) is 29.2 Å². The normalized spacial score (nSPS) is 11.3. The summed E-state index contributed by atoms with van der Waals surface area (Å²) in [6, 6.07) is 9.76. The summed E-state index contributed by atoms with van der Waals surface area (Å²) >= 11 is 0. The molecule has 19 heavy (non-hydrogen) atoms. The van der Waals surface area contributed by atoms with E-state index >= 15 is 0 Å². The minimum atomic E-state index is -0.615. The number of aromatic nitrogens is 1. The van der Waals surface area contributed by atoms with Crippen LogP contribution in [0.2, 0.25) is 0 Å². The molecule has 0 aliphatic rings. The zero-order valence-corrected chi connectivity index (χ0v) is 10.9. The molecule has 0 amide bonds. The summed E-state index contributed by atoms with van der Waals surface area (Å²) in [6.45, 7) is 2.87. The molecule has 0 atom stereocenters. The van der Waals surface area contributed by atoms with Crippen LogP contribution in [0.3, 0.4) is 0 Å². The van der Waals surface area contributed by atoms with E-state index in [0.717, 1.165) is 23.0 Å². The van der Waals surface area contributed by atoms with Gasteiger partial charge in [-0.2, -0.15) is 5.26 Å². The number of hydrogen-bond acceptors (Lipinski definition) is 3. The number of nitriles is 1. The molecule has 4 nitrogen and oxygen atoms in total. The molecule has 0 unspecified atom stereocenters. The Bertz CT molecular complexity index is 690. The molecule has 0 spiro atoms. The summed E-state index contributed by atoms with van der Waals surface area (Å²) in [5, 5.41) is 10.0. The molecular formula is C15H14N2O2. The second-order valence-electron chi connectivity index (χ2n) is 4.05. The molecule has 2 rings (SSSR count). The van der Waals surface area contributed by atoms with Crippen molar-refractivity contribution in [2.75, 3.05) is 7.11 Å². The Morgan fingerprint density at radius 1 is 1.47 bits per heavy atom. The largest absolute Gasteiger partial charge is 0.465 e. The molecule has 1 aromatic heterocycles. The van der Waals surface area contributed by atoms with Gasteiger partial charge < -0.3 is 9.30 Å². The van der Waals surface area contributed by atoms with E-state index in [1.807, 2.05) is 43.5 Å². The number of carbonyl (C=O) groups excluding carboxylic acids is 1. The molecule has 0 aliphatic carbocycles. The van der Waals surface area contributed by atoms with Gasteiger partial charge in [-0.3, -0.25) is 0 Å².